The molecule has 3 nitrogen and oxygen atoms in total. The maximum Gasteiger partial charge on any atom is 0.251 e. The summed E-state index contributed by atoms with van der Waals surface area (Å²) in [6.07, 6.45) is 2.85. The van der Waals surface area contributed by atoms with E-state index in [2.05, 4.69) is 19.9 Å². The number of ether oxygens (including phenoxy) is 1. The van der Waals surface area contributed by atoms with E-state index in [0.717, 1.165) is 19.5 Å². The maximum atomic E-state index is 11.8. The molecule has 15 heavy (non-hydrogen) atoms. The van der Waals surface area contributed by atoms with Crippen molar-refractivity contribution in [1.29, 1.82) is 0 Å². The van der Waals surface area contributed by atoms with Gasteiger partial charge in [0.2, 0.25) is 0 Å². The summed E-state index contributed by atoms with van der Waals surface area (Å²) >= 11 is 0. The molecule has 0 saturated carbocycles. The molecule has 0 N–H and O–H groups in total. The Balaban J connectivity index is 2.54. The van der Waals surface area contributed by atoms with E-state index < -0.39 is 0 Å². The van der Waals surface area contributed by atoms with Gasteiger partial charge in [0.05, 0.1) is 0 Å². The summed E-state index contributed by atoms with van der Waals surface area (Å²) < 4.78 is 5.03. The first kappa shape index (κ1) is 12.2. The fraction of sp³-hybridized carbons (Fsp3) is 0.750. The van der Waals surface area contributed by atoms with Gasteiger partial charge in [0.1, 0.15) is 6.10 Å². The van der Waals surface area contributed by atoms with Gasteiger partial charge in [0.15, 0.2) is 0 Å². The first-order valence-corrected chi connectivity index (χ1v) is 5.56. The van der Waals surface area contributed by atoms with Crippen LogP contribution in [0.2, 0.25) is 0 Å². The minimum absolute atomic E-state index is 0.0940. The molecule has 0 aromatic heterocycles. The SMILES string of the molecule is COC(C)C(=O)N1CC=C(C(C)C)CC1. The van der Waals surface area contributed by atoms with Crippen LogP contribution in [0.4, 0.5) is 0 Å². The highest BCUT2D eigenvalue weighted by molar-refractivity contribution is 5.80. The quantitative estimate of drug-likeness (QED) is 0.667. The Morgan fingerprint density at radius 2 is 2.13 bits per heavy atom. The first-order chi connectivity index (χ1) is 7.06. The predicted octanol–water partition coefficient (Wildman–Crippen LogP) is 1.84. The molecular formula is C12H21NO2. The van der Waals surface area contributed by atoms with Crippen LogP contribution in [0.5, 0.6) is 0 Å². The van der Waals surface area contributed by atoms with Gasteiger partial charge >= 0.3 is 0 Å². The third-order valence-corrected chi connectivity index (χ3v) is 3.00. The van der Waals surface area contributed by atoms with Crippen LogP contribution in [-0.2, 0) is 9.53 Å². The second kappa shape index (κ2) is 5.31. The lowest BCUT2D eigenvalue weighted by molar-refractivity contribution is -0.140. The number of nitrogens with zero attached hydrogens (tertiary/aromatic N) is 1. The van der Waals surface area contributed by atoms with E-state index >= 15 is 0 Å². The molecule has 0 bridgehead atoms. The highest BCUT2D eigenvalue weighted by atomic mass is 16.5. The van der Waals surface area contributed by atoms with Crippen molar-refractivity contribution in [2.24, 2.45) is 5.92 Å². The summed E-state index contributed by atoms with van der Waals surface area (Å²) in [6, 6.07) is 0. The molecule has 1 aliphatic rings. The average molecular weight is 211 g/mol. The van der Waals surface area contributed by atoms with Crippen LogP contribution in [0.15, 0.2) is 11.6 Å². The molecule has 0 saturated heterocycles. The molecule has 0 radical (unpaired) electrons. The molecule has 1 aliphatic heterocycles. The summed E-state index contributed by atoms with van der Waals surface area (Å²) in [5, 5.41) is 0. The number of rotatable bonds is 3. The van der Waals surface area contributed by atoms with Crippen molar-refractivity contribution in [1.82, 2.24) is 4.90 Å². The van der Waals surface area contributed by atoms with Crippen LogP contribution < -0.4 is 0 Å². The van der Waals surface area contributed by atoms with Crippen molar-refractivity contribution >= 4 is 5.91 Å². The molecule has 1 heterocycles. The van der Waals surface area contributed by atoms with E-state index in [9.17, 15) is 4.79 Å². The molecule has 0 spiro atoms. The summed E-state index contributed by atoms with van der Waals surface area (Å²) in [4.78, 5) is 13.6. The molecule has 0 fully saturated rings. The fourth-order valence-corrected chi connectivity index (χ4v) is 1.77. The summed E-state index contributed by atoms with van der Waals surface area (Å²) in [5.41, 5.74) is 1.46. The number of carbonyl (C=O) groups excluding carboxylic acids is 1. The topological polar surface area (TPSA) is 29.5 Å². The van der Waals surface area contributed by atoms with Crippen LogP contribution in [0, 0.1) is 5.92 Å². The molecule has 1 rings (SSSR count). The highest BCUT2D eigenvalue weighted by Crippen LogP contribution is 2.19. The van der Waals surface area contributed by atoms with E-state index in [1.165, 1.54) is 5.57 Å². The summed E-state index contributed by atoms with van der Waals surface area (Å²) in [7, 11) is 1.57. The van der Waals surface area contributed by atoms with Crippen molar-refractivity contribution < 1.29 is 9.53 Å². The van der Waals surface area contributed by atoms with Gasteiger partial charge in [-0.2, -0.15) is 0 Å². The van der Waals surface area contributed by atoms with Crippen LogP contribution in [0.1, 0.15) is 27.2 Å². The molecule has 1 amide bonds. The van der Waals surface area contributed by atoms with Crippen molar-refractivity contribution in [3.63, 3.8) is 0 Å². The van der Waals surface area contributed by atoms with Crippen molar-refractivity contribution in [3.05, 3.63) is 11.6 Å². The zero-order chi connectivity index (χ0) is 11.4. The Bertz CT molecular complexity index is 258. The van der Waals surface area contributed by atoms with Gasteiger partial charge in [0, 0.05) is 20.2 Å². The van der Waals surface area contributed by atoms with E-state index in [1.807, 2.05) is 4.90 Å². The lowest BCUT2D eigenvalue weighted by Crippen LogP contribution is -2.41. The molecule has 3 heteroatoms. The Hall–Kier alpha value is -0.830. The largest absolute Gasteiger partial charge is 0.372 e. The molecule has 0 aromatic carbocycles. The second-order valence-electron chi connectivity index (χ2n) is 4.35. The van der Waals surface area contributed by atoms with Crippen LogP contribution in [-0.4, -0.2) is 37.1 Å². The Labute approximate surface area is 92.1 Å². The monoisotopic (exact) mass is 211 g/mol. The molecular weight excluding hydrogens is 190 g/mol. The van der Waals surface area contributed by atoms with E-state index in [-0.39, 0.29) is 12.0 Å². The van der Waals surface area contributed by atoms with Gasteiger partial charge in [-0.05, 0) is 19.3 Å². The Morgan fingerprint density at radius 3 is 2.53 bits per heavy atom. The smallest absolute Gasteiger partial charge is 0.251 e. The Kier molecular flexibility index (Phi) is 4.33. The Morgan fingerprint density at radius 1 is 1.47 bits per heavy atom. The normalized spacial score (nSPS) is 19.0. The van der Waals surface area contributed by atoms with Crippen molar-refractivity contribution in [2.75, 3.05) is 20.2 Å². The molecule has 0 aromatic rings. The first-order valence-electron chi connectivity index (χ1n) is 5.56. The van der Waals surface area contributed by atoms with Crippen LogP contribution in [0.3, 0.4) is 0 Å². The minimum atomic E-state index is -0.320. The number of amides is 1. The van der Waals surface area contributed by atoms with E-state index in [0.29, 0.717) is 5.92 Å². The van der Waals surface area contributed by atoms with Crippen LogP contribution in [0.25, 0.3) is 0 Å². The average Bonchev–Trinajstić information content (AvgIpc) is 2.27. The molecule has 86 valence electrons. The maximum absolute atomic E-state index is 11.8. The van der Waals surface area contributed by atoms with Gasteiger partial charge in [0.25, 0.3) is 5.91 Å². The number of methoxy groups -OCH3 is 1. The molecule has 1 atom stereocenters. The molecule has 1 unspecified atom stereocenters. The van der Waals surface area contributed by atoms with Gasteiger partial charge in [-0.25, -0.2) is 0 Å². The number of hydrogen-bond acceptors (Lipinski definition) is 2. The lowest BCUT2D eigenvalue weighted by Gasteiger charge is -2.29. The molecule has 0 aliphatic carbocycles. The van der Waals surface area contributed by atoms with Gasteiger partial charge in [-0.15, -0.1) is 0 Å². The third-order valence-electron chi connectivity index (χ3n) is 3.00. The third kappa shape index (κ3) is 3.06. The van der Waals surface area contributed by atoms with E-state index in [1.54, 1.807) is 14.0 Å². The zero-order valence-electron chi connectivity index (χ0n) is 10.1. The van der Waals surface area contributed by atoms with Crippen molar-refractivity contribution in [2.45, 2.75) is 33.3 Å². The highest BCUT2D eigenvalue weighted by Gasteiger charge is 2.22. The van der Waals surface area contributed by atoms with E-state index in [4.69, 9.17) is 4.74 Å². The minimum Gasteiger partial charge on any atom is -0.372 e. The second-order valence-corrected chi connectivity index (χ2v) is 4.35. The predicted molar refractivity (Wildman–Crippen MR) is 60.6 cm³/mol. The van der Waals surface area contributed by atoms with Gasteiger partial charge in [-0.1, -0.05) is 25.5 Å². The standard InChI is InChI=1S/C12H21NO2/c1-9(2)11-5-7-13(8-6-11)12(14)10(3)15-4/h5,9-10H,6-8H2,1-4H3. The summed E-state index contributed by atoms with van der Waals surface area (Å²) in [5.74, 6) is 0.693. The lowest BCUT2D eigenvalue weighted by atomic mass is 9.97. The zero-order valence-corrected chi connectivity index (χ0v) is 10.1. The van der Waals surface area contributed by atoms with Crippen LogP contribution >= 0.6 is 0 Å². The van der Waals surface area contributed by atoms with Gasteiger partial charge < -0.3 is 9.64 Å². The number of hydrogen-bond donors (Lipinski definition) is 0. The number of carbonyl (C=O) groups is 1. The van der Waals surface area contributed by atoms with Crippen molar-refractivity contribution in [3.8, 4) is 0 Å². The van der Waals surface area contributed by atoms with Gasteiger partial charge in [-0.3, -0.25) is 4.79 Å². The fourth-order valence-electron chi connectivity index (χ4n) is 1.77. The summed E-state index contributed by atoms with van der Waals surface area (Å²) in [6.45, 7) is 7.75.